The second kappa shape index (κ2) is 7.67. The Balaban J connectivity index is 1.47. The summed E-state index contributed by atoms with van der Waals surface area (Å²) in [7, 11) is 1.51. The number of ketones is 1. The third-order valence-corrected chi connectivity index (χ3v) is 6.78. The van der Waals surface area contributed by atoms with Gasteiger partial charge < -0.3 is 23.7 Å². The molecule has 1 N–H and O–H groups in total. The molecule has 2 aromatic heterocycles. The first-order chi connectivity index (χ1) is 16.6. The van der Waals surface area contributed by atoms with Crippen molar-refractivity contribution in [3.63, 3.8) is 0 Å². The number of aliphatic hydroxyl groups excluding tert-OH is 1. The van der Waals surface area contributed by atoms with Crippen LogP contribution in [0.2, 0.25) is 0 Å². The van der Waals surface area contributed by atoms with Crippen molar-refractivity contribution in [1.29, 1.82) is 0 Å². The standard InChI is InChI=1S/C25H17NO7S/c1-30-16-5-2-4-13-10-18(33-24(13)16)22(27)20-21(19-6-3-9-34-19)26(25(29)23(20)28)14-7-8-15-17(11-14)32-12-31-15/h2-11,21,28H,12H2,1H3. The van der Waals surface area contributed by atoms with E-state index in [4.69, 9.17) is 18.6 Å². The molecule has 2 aromatic carbocycles. The second-order valence-electron chi connectivity index (χ2n) is 7.71. The molecule has 0 saturated heterocycles. The van der Waals surface area contributed by atoms with Crippen molar-refractivity contribution in [2.75, 3.05) is 18.8 Å². The van der Waals surface area contributed by atoms with E-state index >= 15 is 0 Å². The minimum Gasteiger partial charge on any atom is -0.503 e. The number of carbonyl (C=O) groups is 2. The van der Waals surface area contributed by atoms with E-state index in [1.54, 1.807) is 42.5 Å². The summed E-state index contributed by atoms with van der Waals surface area (Å²) < 4.78 is 22.0. The summed E-state index contributed by atoms with van der Waals surface area (Å²) >= 11 is 1.38. The lowest BCUT2D eigenvalue weighted by Crippen LogP contribution is -2.30. The maximum Gasteiger partial charge on any atom is 0.294 e. The number of rotatable bonds is 5. The number of amides is 1. The molecule has 170 valence electrons. The van der Waals surface area contributed by atoms with Crippen LogP contribution in [0.15, 0.2) is 75.7 Å². The Morgan fingerprint density at radius 3 is 2.76 bits per heavy atom. The predicted molar refractivity (Wildman–Crippen MR) is 124 cm³/mol. The molecule has 34 heavy (non-hydrogen) atoms. The number of methoxy groups -OCH3 is 1. The van der Waals surface area contributed by atoms with Gasteiger partial charge in [0, 0.05) is 22.0 Å². The molecule has 0 radical (unpaired) electrons. The summed E-state index contributed by atoms with van der Waals surface area (Å²) in [6.07, 6.45) is 0. The van der Waals surface area contributed by atoms with E-state index in [2.05, 4.69) is 0 Å². The maximum absolute atomic E-state index is 13.7. The van der Waals surface area contributed by atoms with E-state index in [0.29, 0.717) is 38.8 Å². The van der Waals surface area contributed by atoms with Crippen LogP contribution < -0.4 is 19.1 Å². The number of para-hydroxylation sites is 1. The normalized spacial score (nSPS) is 17.1. The van der Waals surface area contributed by atoms with Gasteiger partial charge in [-0.25, -0.2) is 0 Å². The summed E-state index contributed by atoms with van der Waals surface area (Å²) in [5.41, 5.74) is 0.828. The highest BCUT2D eigenvalue weighted by atomic mass is 32.1. The lowest BCUT2D eigenvalue weighted by Gasteiger charge is -2.25. The summed E-state index contributed by atoms with van der Waals surface area (Å²) in [6, 6.07) is 14.7. The molecule has 2 aliphatic heterocycles. The average molecular weight is 475 g/mol. The van der Waals surface area contributed by atoms with Gasteiger partial charge in [-0.15, -0.1) is 11.3 Å². The van der Waals surface area contributed by atoms with E-state index < -0.39 is 23.5 Å². The molecule has 4 aromatic rings. The van der Waals surface area contributed by atoms with Crippen LogP contribution in [0.4, 0.5) is 5.69 Å². The smallest absolute Gasteiger partial charge is 0.294 e. The molecular formula is C25H17NO7S. The average Bonchev–Trinajstić information content (AvgIpc) is 3.64. The van der Waals surface area contributed by atoms with Gasteiger partial charge in [0.05, 0.1) is 12.7 Å². The third-order valence-electron chi connectivity index (χ3n) is 5.85. The third kappa shape index (κ3) is 2.97. The van der Waals surface area contributed by atoms with Gasteiger partial charge in [0.25, 0.3) is 5.91 Å². The Morgan fingerprint density at radius 2 is 1.97 bits per heavy atom. The van der Waals surface area contributed by atoms with Crippen molar-refractivity contribution in [3.05, 3.63) is 81.9 Å². The van der Waals surface area contributed by atoms with Crippen LogP contribution in [0, 0.1) is 0 Å². The van der Waals surface area contributed by atoms with Gasteiger partial charge in [-0.1, -0.05) is 18.2 Å². The van der Waals surface area contributed by atoms with Crippen LogP contribution in [0.3, 0.4) is 0 Å². The van der Waals surface area contributed by atoms with Crippen LogP contribution >= 0.6 is 11.3 Å². The molecule has 0 spiro atoms. The summed E-state index contributed by atoms with van der Waals surface area (Å²) in [4.78, 5) is 29.1. The molecule has 0 bridgehead atoms. The van der Waals surface area contributed by atoms with E-state index in [0.717, 1.165) is 0 Å². The lowest BCUT2D eigenvalue weighted by atomic mass is 10.00. The van der Waals surface area contributed by atoms with Gasteiger partial charge in [-0.2, -0.15) is 0 Å². The Hall–Kier alpha value is -4.24. The molecular weight excluding hydrogens is 458 g/mol. The minimum atomic E-state index is -0.838. The molecule has 6 rings (SSSR count). The summed E-state index contributed by atoms with van der Waals surface area (Å²) in [5, 5.41) is 13.4. The molecule has 0 aliphatic carbocycles. The molecule has 2 aliphatic rings. The van der Waals surface area contributed by atoms with E-state index in [9.17, 15) is 14.7 Å². The monoisotopic (exact) mass is 475 g/mol. The van der Waals surface area contributed by atoms with E-state index in [-0.39, 0.29) is 18.1 Å². The van der Waals surface area contributed by atoms with Crippen LogP contribution in [0.5, 0.6) is 17.2 Å². The zero-order valence-corrected chi connectivity index (χ0v) is 18.6. The van der Waals surface area contributed by atoms with E-state index in [1.807, 2.05) is 17.5 Å². The number of anilines is 1. The van der Waals surface area contributed by atoms with Crippen molar-refractivity contribution in [2.24, 2.45) is 0 Å². The van der Waals surface area contributed by atoms with Gasteiger partial charge in [0.1, 0.15) is 6.04 Å². The molecule has 0 fully saturated rings. The number of thiophene rings is 1. The number of benzene rings is 2. The Labute approximate surface area is 197 Å². The maximum atomic E-state index is 13.7. The van der Waals surface area contributed by atoms with Gasteiger partial charge in [-0.05, 0) is 35.7 Å². The fraction of sp³-hybridized carbons (Fsp3) is 0.120. The first-order valence-electron chi connectivity index (χ1n) is 10.4. The largest absolute Gasteiger partial charge is 0.503 e. The SMILES string of the molecule is COc1cccc2cc(C(=O)C3=C(O)C(=O)N(c4ccc5c(c4)OCO5)C3c3cccs3)oc12. The number of hydrogen-bond acceptors (Lipinski definition) is 8. The zero-order chi connectivity index (χ0) is 23.4. The number of furan rings is 1. The molecule has 8 nitrogen and oxygen atoms in total. The number of nitrogens with zero attached hydrogens (tertiary/aromatic N) is 1. The van der Waals surface area contributed by atoms with E-state index in [1.165, 1.54) is 23.3 Å². The number of fused-ring (bicyclic) bond motifs is 2. The highest BCUT2D eigenvalue weighted by Crippen LogP contribution is 2.46. The zero-order valence-electron chi connectivity index (χ0n) is 17.8. The number of Topliss-reactive ketones (excluding diaryl/α,β-unsaturated/α-hetero) is 1. The fourth-order valence-electron chi connectivity index (χ4n) is 4.30. The highest BCUT2D eigenvalue weighted by Gasteiger charge is 2.46. The van der Waals surface area contributed by atoms with Crippen LogP contribution in [-0.2, 0) is 4.79 Å². The molecule has 1 atom stereocenters. The number of ether oxygens (including phenoxy) is 3. The number of hydrogen-bond donors (Lipinski definition) is 1. The Bertz CT molecular complexity index is 1480. The van der Waals surface area contributed by atoms with Crippen LogP contribution in [-0.4, -0.2) is 30.7 Å². The molecule has 1 unspecified atom stereocenters. The van der Waals surface area contributed by atoms with Gasteiger partial charge >= 0.3 is 0 Å². The summed E-state index contributed by atoms with van der Waals surface area (Å²) in [6.45, 7) is 0.0871. The van der Waals surface area contributed by atoms with Gasteiger partial charge in [0.2, 0.25) is 12.6 Å². The van der Waals surface area contributed by atoms with Crippen molar-refractivity contribution < 1.29 is 33.3 Å². The van der Waals surface area contributed by atoms with Crippen molar-refractivity contribution >= 4 is 39.7 Å². The predicted octanol–water partition coefficient (Wildman–Crippen LogP) is 5.01. The number of aliphatic hydroxyl groups is 1. The van der Waals surface area contributed by atoms with Crippen molar-refractivity contribution in [2.45, 2.75) is 6.04 Å². The minimum absolute atomic E-state index is 0.00272. The highest BCUT2D eigenvalue weighted by molar-refractivity contribution is 7.10. The lowest BCUT2D eigenvalue weighted by molar-refractivity contribution is -0.117. The van der Waals surface area contributed by atoms with Gasteiger partial charge in [-0.3, -0.25) is 14.5 Å². The van der Waals surface area contributed by atoms with Crippen LogP contribution in [0.1, 0.15) is 21.5 Å². The topological polar surface area (TPSA) is 98.4 Å². The fourth-order valence-corrected chi connectivity index (χ4v) is 5.12. The Morgan fingerprint density at radius 1 is 1.12 bits per heavy atom. The van der Waals surface area contributed by atoms with Crippen LogP contribution in [0.25, 0.3) is 11.0 Å². The molecule has 4 heterocycles. The Kier molecular flexibility index (Phi) is 4.59. The van der Waals surface area contributed by atoms with Crippen molar-refractivity contribution in [1.82, 2.24) is 0 Å². The van der Waals surface area contributed by atoms with Crippen molar-refractivity contribution in [3.8, 4) is 17.2 Å². The summed E-state index contributed by atoms with van der Waals surface area (Å²) in [5.74, 6) is -0.350. The van der Waals surface area contributed by atoms with Gasteiger partial charge in [0.15, 0.2) is 34.4 Å². The second-order valence-corrected chi connectivity index (χ2v) is 8.69. The number of carbonyl (C=O) groups excluding carboxylic acids is 2. The molecule has 1 amide bonds. The first-order valence-corrected chi connectivity index (χ1v) is 11.3. The molecule has 9 heteroatoms. The quantitative estimate of drug-likeness (QED) is 0.405. The first kappa shape index (κ1) is 20.4. The molecule has 0 saturated carbocycles.